The maximum atomic E-state index is 12.0. The van der Waals surface area contributed by atoms with E-state index in [0.29, 0.717) is 17.7 Å². The first kappa shape index (κ1) is 13.5. The fourth-order valence-corrected chi connectivity index (χ4v) is 2.13. The van der Waals surface area contributed by atoms with E-state index < -0.39 is 4.92 Å². The number of carbonyl (C=O) groups excluding carboxylic acids is 1. The van der Waals surface area contributed by atoms with Crippen LogP contribution in [0.1, 0.15) is 35.2 Å². The third-order valence-electron chi connectivity index (χ3n) is 3.63. The summed E-state index contributed by atoms with van der Waals surface area (Å²) in [6.07, 6.45) is 2.89. The molecule has 1 aliphatic rings. The molecule has 0 radical (unpaired) electrons. The standard InChI is InChI=1S/C13H17N3O3/c1-9-3-4-10(16(18)19)7-11(9)12(17)15-8-13(14)5-2-6-13/h3-4,7H,2,5-6,8,14H2,1H3,(H,15,17). The molecule has 1 fully saturated rings. The molecule has 0 aromatic heterocycles. The van der Waals surface area contributed by atoms with Crippen molar-refractivity contribution >= 4 is 11.6 Å². The highest BCUT2D eigenvalue weighted by atomic mass is 16.6. The van der Waals surface area contributed by atoms with Crippen LogP contribution < -0.4 is 11.1 Å². The monoisotopic (exact) mass is 263 g/mol. The van der Waals surface area contributed by atoms with Crippen LogP contribution in [0.15, 0.2) is 18.2 Å². The number of non-ortho nitro benzene ring substituents is 1. The van der Waals surface area contributed by atoms with Gasteiger partial charge in [-0.2, -0.15) is 0 Å². The van der Waals surface area contributed by atoms with E-state index in [1.807, 2.05) is 0 Å². The molecule has 0 saturated heterocycles. The second kappa shape index (κ2) is 4.97. The number of rotatable bonds is 4. The molecular weight excluding hydrogens is 246 g/mol. The molecule has 0 bridgehead atoms. The van der Waals surface area contributed by atoms with Crippen LogP contribution in [0.5, 0.6) is 0 Å². The third kappa shape index (κ3) is 2.90. The number of carbonyl (C=O) groups is 1. The maximum absolute atomic E-state index is 12.0. The number of hydrogen-bond donors (Lipinski definition) is 2. The van der Waals surface area contributed by atoms with Crippen LogP contribution in [-0.2, 0) is 0 Å². The van der Waals surface area contributed by atoms with Crippen LogP contribution in [0.25, 0.3) is 0 Å². The van der Waals surface area contributed by atoms with Crippen LogP contribution in [0, 0.1) is 17.0 Å². The Morgan fingerprint density at radius 1 is 1.53 bits per heavy atom. The molecule has 0 aliphatic heterocycles. The lowest BCUT2D eigenvalue weighted by atomic mass is 9.78. The molecule has 0 spiro atoms. The van der Waals surface area contributed by atoms with Crippen molar-refractivity contribution in [2.24, 2.45) is 5.73 Å². The smallest absolute Gasteiger partial charge is 0.270 e. The van der Waals surface area contributed by atoms with Crippen molar-refractivity contribution in [2.75, 3.05) is 6.54 Å². The number of aryl methyl sites for hydroxylation is 1. The number of amides is 1. The van der Waals surface area contributed by atoms with Gasteiger partial charge in [0.25, 0.3) is 11.6 Å². The molecule has 2 rings (SSSR count). The normalized spacial score (nSPS) is 16.5. The minimum Gasteiger partial charge on any atom is -0.350 e. The molecule has 3 N–H and O–H groups in total. The van der Waals surface area contributed by atoms with Gasteiger partial charge in [0, 0.05) is 29.8 Å². The fraction of sp³-hybridized carbons (Fsp3) is 0.462. The number of nitrogens with two attached hydrogens (primary N) is 1. The zero-order chi connectivity index (χ0) is 14.0. The first-order chi connectivity index (χ1) is 8.91. The van der Waals surface area contributed by atoms with Gasteiger partial charge in [-0.05, 0) is 31.7 Å². The molecule has 102 valence electrons. The summed E-state index contributed by atoms with van der Waals surface area (Å²) in [6.45, 7) is 2.16. The highest BCUT2D eigenvalue weighted by Gasteiger charge is 2.32. The van der Waals surface area contributed by atoms with Gasteiger partial charge in [0.05, 0.1) is 4.92 Å². The minimum atomic E-state index is -0.507. The van der Waals surface area contributed by atoms with E-state index >= 15 is 0 Å². The lowest BCUT2D eigenvalue weighted by molar-refractivity contribution is -0.384. The van der Waals surface area contributed by atoms with Crippen molar-refractivity contribution in [3.8, 4) is 0 Å². The first-order valence-corrected chi connectivity index (χ1v) is 6.23. The Morgan fingerprint density at radius 3 is 2.74 bits per heavy atom. The molecule has 0 unspecified atom stereocenters. The van der Waals surface area contributed by atoms with Gasteiger partial charge < -0.3 is 11.1 Å². The fourth-order valence-electron chi connectivity index (χ4n) is 2.13. The lowest BCUT2D eigenvalue weighted by Gasteiger charge is -2.38. The van der Waals surface area contributed by atoms with E-state index in [4.69, 9.17) is 5.73 Å². The van der Waals surface area contributed by atoms with Crippen molar-refractivity contribution in [3.05, 3.63) is 39.4 Å². The van der Waals surface area contributed by atoms with Gasteiger partial charge in [-0.1, -0.05) is 6.07 Å². The number of nitrogens with one attached hydrogen (secondary N) is 1. The van der Waals surface area contributed by atoms with Crippen molar-refractivity contribution in [1.29, 1.82) is 0 Å². The van der Waals surface area contributed by atoms with E-state index in [2.05, 4.69) is 5.32 Å². The summed E-state index contributed by atoms with van der Waals surface area (Å²) in [5, 5.41) is 13.5. The summed E-state index contributed by atoms with van der Waals surface area (Å²) < 4.78 is 0. The van der Waals surface area contributed by atoms with Crippen LogP contribution in [0.2, 0.25) is 0 Å². The Balaban J connectivity index is 2.09. The molecule has 1 saturated carbocycles. The second-order valence-corrected chi connectivity index (χ2v) is 5.15. The van der Waals surface area contributed by atoms with Gasteiger partial charge >= 0.3 is 0 Å². The summed E-state index contributed by atoms with van der Waals surface area (Å²) in [5.41, 5.74) is 6.68. The molecule has 1 aliphatic carbocycles. The molecule has 19 heavy (non-hydrogen) atoms. The Labute approximate surface area is 111 Å². The molecule has 0 atom stereocenters. The third-order valence-corrected chi connectivity index (χ3v) is 3.63. The van der Waals surface area contributed by atoms with E-state index in [1.165, 1.54) is 12.1 Å². The first-order valence-electron chi connectivity index (χ1n) is 6.23. The van der Waals surface area contributed by atoms with Gasteiger partial charge in [0.15, 0.2) is 0 Å². The molecule has 1 aromatic carbocycles. The van der Waals surface area contributed by atoms with E-state index in [-0.39, 0.29) is 17.1 Å². The number of hydrogen-bond acceptors (Lipinski definition) is 4. The molecular formula is C13H17N3O3. The van der Waals surface area contributed by atoms with Crippen molar-refractivity contribution in [1.82, 2.24) is 5.32 Å². The highest BCUT2D eigenvalue weighted by molar-refractivity contribution is 5.96. The van der Waals surface area contributed by atoms with E-state index in [0.717, 1.165) is 19.3 Å². The SMILES string of the molecule is Cc1ccc([N+](=O)[O-])cc1C(=O)NCC1(N)CCC1. The molecule has 1 amide bonds. The van der Waals surface area contributed by atoms with Crippen LogP contribution in [0.3, 0.4) is 0 Å². The summed E-state index contributed by atoms with van der Waals surface area (Å²) in [5.74, 6) is -0.307. The number of nitro benzene ring substituents is 1. The Kier molecular flexibility index (Phi) is 3.53. The van der Waals surface area contributed by atoms with Gasteiger partial charge in [-0.15, -0.1) is 0 Å². The summed E-state index contributed by atoms with van der Waals surface area (Å²) >= 11 is 0. The number of benzene rings is 1. The number of nitro groups is 1. The van der Waals surface area contributed by atoms with Crippen LogP contribution in [0.4, 0.5) is 5.69 Å². The Hall–Kier alpha value is -1.95. The lowest BCUT2D eigenvalue weighted by Crippen LogP contribution is -2.54. The average molecular weight is 263 g/mol. The molecule has 6 nitrogen and oxygen atoms in total. The Bertz CT molecular complexity index is 524. The summed E-state index contributed by atoms with van der Waals surface area (Å²) in [7, 11) is 0. The average Bonchev–Trinajstić information content (AvgIpc) is 2.34. The predicted octanol–water partition coefficient (Wildman–Crippen LogP) is 1.51. The largest absolute Gasteiger partial charge is 0.350 e. The quantitative estimate of drug-likeness (QED) is 0.635. The van der Waals surface area contributed by atoms with Gasteiger partial charge in [-0.3, -0.25) is 14.9 Å². The molecule has 6 heteroatoms. The molecule has 1 aromatic rings. The molecule has 0 heterocycles. The van der Waals surface area contributed by atoms with Gasteiger partial charge in [0.1, 0.15) is 0 Å². The predicted molar refractivity (Wildman–Crippen MR) is 70.9 cm³/mol. The van der Waals surface area contributed by atoms with E-state index in [9.17, 15) is 14.9 Å². The second-order valence-electron chi connectivity index (χ2n) is 5.15. The van der Waals surface area contributed by atoms with Crippen LogP contribution in [-0.4, -0.2) is 22.9 Å². The Morgan fingerprint density at radius 2 is 2.21 bits per heavy atom. The van der Waals surface area contributed by atoms with E-state index in [1.54, 1.807) is 13.0 Å². The highest BCUT2D eigenvalue weighted by Crippen LogP contribution is 2.28. The van der Waals surface area contributed by atoms with Crippen LogP contribution >= 0.6 is 0 Å². The zero-order valence-corrected chi connectivity index (χ0v) is 10.8. The summed E-state index contributed by atoms with van der Waals surface area (Å²) in [6, 6.07) is 4.27. The zero-order valence-electron chi connectivity index (χ0n) is 10.8. The van der Waals surface area contributed by atoms with Gasteiger partial charge in [0.2, 0.25) is 0 Å². The van der Waals surface area contributed by atoms with Crippen molar-refractivity contribution in [3.63, 3.8) is 0 Å². The topological polar surface area (TPSA) is 98.3 Å². The summed E-state index contributed by atoms with van der Waals surface area (Å²) in [4.78, 5) is 22.2. The van der Waals surface area contributed by atoms with Gasteiger partial charge in [-0.25, -0.2) is 0 Å². The van der Waals surface area contributed by atoms with Crippen molar-refractivity contribution in [2.45, 2.75) is 31.7 Å². The minimum absolute atomic E-state index is 0.0816. The maximum Gasteiger partial charge on any atom is 0.270 e. The van der Waals surface area contributed by atoms with Crippen molar-refractivity contribution < 1.29 is 9.72 Å². The number of nitrogens with zero attached hydrogens (tertiary/aromatic N) is 1.